The van der Waals surface area contributed by atoms with Crippen molar-refractivity contribution in [2.45, 2.75) is 205 Å². The van der Waals surface area contributed by atoms with E-state index in [9.17, 15) is 69.3 Å². The predicted molar refractivity (Wildman–Crippen MR) is 323 cm³/mol. The quantitative estimate of drug-likeness (QED) is 0.0174. The number of aliphatic hydroxyl groups excluding tert-OH is 7. The number of carbonyl (C=O) groups excluding carboxylic acids is 7. The van der Waals surface area contributed by atoms with Crippen molar-refractivity contribution in [3.8, 4) is 0 Å². The number of hydrogen-bond acceptors (Lipinski definition) is 33. The van der Waals surface area contributed by atoms with Gasteiger partial charge in [-0.1, -0.05) is 0 Å². The predicted octanol–water partition coefficient (Wildman–Crippen LogP) is -13.1. The molecule has 6 aliphatic heterocycles. The molecule has 93 heavy (non-hydrogen) atoms. The van der Waals surface area contributed by atoms with E-state index < -0.39 is 169 Å². The molecule has 0 aromatic carbocycles. The molecular weight excluding hydrogens is 1260 g/mol. The minimum absolute atomic E-state index is 0.0196. The lowest BCUT2D eigenvalue weighted by molar-refractivity contribution is -0.198. The second-order valence-electron chi connectivity index (χ2n) is 22.9. The number of guanidine groups is 2. The molecule has 0 saturated carbocycles. The average molecular weight is 1360 g/mol. The van der Waals surface area contributed by atoms with Crippen molar-refractivity contribution in [1.29, 1.82) is 0 Å². The molecule has 0 radical (unpaired) electrons. The molecule has 534 valence electrons. The molecule has 4 fully saturated rings. The second kappa shape index (κ2) is 38.9. The molecular formula is C50H96N20O22S. The fourth-order valence-corrected chi connectivity index (χ4v) is 10.7. The SMILES string of the molecule is NCCC[C@H](N)CC(=O)N[C@@H]1[C@H](O)[C@@H](OC(N)=O)[C@@H](CO)O[C@H]1NC1=N[C@@H]2C(=O)NC[C@@H](O)[C@H]2N1.NCCC[C@H](N)CC(O)NCCC[C@H](N)CC(=O)NCCC[C@H](N)CC(=O)N[C@@H]1[C@H](O)[C@@H](OC(N)=O)[C@@H](CO)O[C@H]1NC1=N[C@@H]2C(=O)NC[C@@H](O)[C@H]2N1.O=S(=O)(O)O. The van der Waals surface area contributed by atoms with E-state index in [1.54, 1.807) is 0 Å². The minimum Gasteiger partial charge on any atom is -0.441 e. The van der Waals surface area contributed by atoms with E-state index in [2.05, 4.69) is 63.2 Å². The number of nitrogens with zero attached hydrogens (tertiary/aromatic N) is 2. The van der Waals surface area contributed by atoms with Crippen molar-refractivity contribution >= 4 is 64.0 Å². The van der Waals surface area contributed by atoms with Crippen LogP contribution in [0.25, 0.3) is 0 Å². The van der Waals surface area contributed by atoms with Gasteiger partial charge in [0.25, 0.3) is 0 Å². The van der Waals surface area contributed by atoms with Gasteiger partial charge >= 0.3 is 22.6 Å². The molecule has 0 aliphatic carbocycles. The molecule has 0 aromatic rings. The smallest absolute Gasteiger partial charge is 0.404 e. The van der Waals surface area contributed by atoms with Crippen molar-refractivity contribution in [3.63, 3.8) is 0 Å². The van der Waals surface area contributed by atoms with E-state index in [0.717, 1.165) is 12.8 Å². The number of nitrogens with one attached hydrogen (secondary N) is 10. The van der Waals surface area contributed by atoms with Crippen LogP contribution < -0.4 is 99.0 Å². The Morgan fingerprint density at radius 1 is 0.613 bits per heavy atom. The zero-order valence-electron chi connectivity index (χ0n) is 51.0. The molecule has 0 spiro atoms. The fourth-order valence-electron chi connectivity index (χ4n) is 10.7. The van der Waals surface area contributed by atoms with Crippen LogP contribution in [-0.4, -0.2) is 287 Å². The third-order valence-corrected chi connectivity index (χ3v) is 15.3. The summed E-state index contributed by atoms with van der Waals surface area (Å²) in [7, 11) is -4.67. The number of amides is 7. The van der Waals surface area contributed by atoms with Gasteiger partial charge in [0.2, 0.25) is 29.5 Å². The van der Waals surface area contributed by atoms with Crippen LogP contribution in [0.4, 0.5) is 9.59 Å². The Labute approximate surface area is 534 Å². The first-order valence-corrected chi connectivity index (χ1v) is 31.6. The number of fused-ring (bicyclic) bond motifs is 2. The molecule has 43 heteroatoms. The summed E-state index contributed by atoms with van der Waals surface area (Å²) >= 11 is 0. The number of rotatable bonds is 31. The van der Waals surface area contributed by atoms with Gasteiger partial charge in [-0.05, 0) is 71.0 Å². The van der Waals surface area contributed by atoms with Crippen LogP contribution in [0.3, 0.4) is 0 Å². The summed E-state index contributed by atoms with van der Waals surface area (Å²) in [4.78, 5) is 93.9. The largest absolute Gasteiger partial charge is 0.441 e. The molecule has 42 nitrogen and oxygen atoms in total. The molecule has 4 saturated heterocycles. The Morgan fingerprint density at radius 2 is 0.989 bits per heavy atom. The van der Waals surface area contributed by atoms with Crippen LogP contribution in [0.1, 0.15) is 77.0 Å². The zero-order chi connectivity index (χ0) is 69.3. The van der Waals surface area contributed by atoms with Gasteiger partial charge in [-0.3, -0.25) is 38.4 Å². The van der Waals surface area contributed by atoms with Gasteiger partial charge in [0.05, 0.1) is 37.5 Å². The number of primary amides is 2. The molecule has 35 N–H and O–H groups in total. The van der Waals surface area contributed by atoms with Gasteiger partial charge < -0.3 is 148 Å². The van der Waals surface area contributed by atoms with Gasteiger partial charge in [0, 0.05) is 69.5 Å². The highest BCUT2D eigenvalue weighted by atomic mass is 32.3. The Hall–Kier alpha value is -6.34. The number of hydrogen-bond donors (Lipinski definition) is 27. The summed E-state index contributed by atoms with van der Waals surface area (Å²) < 4.78 is 53.1. The van der Waals surface area contributed by atoms with Crippen molar-refractivity contribution < 1.29 is 106 Å². The van der Waals surface area contributed by atoms with Crippen molar-refractivity contribution in [1.82, 2.24) is 53.2 Å². The number of piperidine rings is 2. The van der Waals surface area contributed by atoms with Gasteiger partial charge in [-0.15, -0.1) is 0 Å². The maximum atomic E-state index is 13.1. The molecule has 21 atom stereocenters. The van der Waals surface area contributed by atoms with E-state index in [1.165, 1.54) is 0 Å². The lowest BCUT2D eigenvalue weighted by Crippen LogP contribution is -2.70. The van der Waals surface area contributed by atoms with E-state index in [-0.39, 0.29) is 68.2 Å². The van der Waals surface area contributed by atoms with Gasteiger partial charge in [0.1, 0.15) is 42.7 Å². The van der Waals surface area contributed by atoms with Gasteiger partial charge in [-0.2, -0.15) is 8.42 Å². The number of β-amino-alcohol motifs (C(OH)–C–C–N with tert-alkyl or cyclic N) is 2. The summed E-state index contributed by atoms with van der Waals surface area (Å²) in [5.74, 6) is -2.02. The number of nitrogens with two attached hydrogens (primary N) is 8. The third-order valence-electron chi connectivity index (χ3n) is 15.3. The topological polar surface area (TPSA) is 726 Å². The summed E-state index contributed by atoms with van der Waals surface area (Å²) in [6.07, 6.45) is -10.9. The summed E-state index contributed by atoms with van der Waals surface area (Å²) in [5, 5.41) is 99.9. The lowest BCUT2D eigenvalue weighted by Gasteiger charge is -2.44. The molecule has 0 aromatic heterocycles. The Bertz CT molecular complexity index is 2590. The van der Waals surface area contributed by atoms with Crippen LogP contribution in [0.15, 0.2) is 9.98 Å². The fraction of sp³-hybridized carbons (Fsp3) is 0.820. The summed E-state index contributed by atoms with van der Waals surface area (Å²) in [6, 6.07) is -7.37. The first-order chi connectivity index (χ1) is 43.9. The maximum absolute atomic E-state index is 13.1. The number of ether oxygens (including phenoxy) is 4. The Balaban J connectivity index is 0.000000395. The molecule has 1 unspecified atom stereocenters. The van der Waals surface area contributed by atoms with Crippen LogP contribution in [0.5, 0.6) is 0 Å². The lowest BCUT2D eigenvalue weighted by atomic mass is 9.95. The Kier molecular flexibility index (Phi) is 33.1. The van der Waals surface area contributed by atoms with Crippen molar-refractivity contribution in [2.75, 3.05) is 52.5 Å². The number of aliphatic imine (C=N–C) groups is 2. The van der Waals surface area contributed by atoms with Crippen LogP contribution in [-0.2, 0) is 53.3 Å². The third kappa shape index (κ3) is 26.8. The Morgan fingerprint density at radius 3 is 1.37 bits per heavy atom. The molecule has 7 amide bonds. The molecule has 6 aliphatic rings. The van der Waals surface area contributed by atoms with Gasteiger partial charge in [-0.25, -0.2) is 19.6 Å². The standard InChI is InChI=1S/C31H60N12O10.C19H34N8O8.H2O4S/c32-7-1-4-15(33)10-20(46)37-8-2-5-16(34)11-21(47)38-9-3-6-17(35)12-22(48)40-25-26(49)27(53-30(36)51)19(14-44)52-29(25)43-31-41-23-18(45)13-39-28(50)24(23)42-31;20-3-1-2-7(21)4-10(30)24-13-14(31)15(35-18(22)33)9(6-28)34-17(13)27-19-25-11-8(29)5-23-16(32)12(11)26-19;1-5(2,3)4/h15-20,23-27,29,37,44-46,49H,1-14,32-35H2,(H2,36,51)(H,38,47)(H,39,50)(H,40,48)(H2,41,42,43);7-9,11-15,17,28-29,31H,1-6,20-21H2,(H2,22,33)(H,23,32)(H,24,30)(H2,25,26,27);(H2,1,2,3,4)/t15-,16-,17-,18+,19+,20?,23+,24-,25+,26-,27-,29+;7-,8+,9+,11+,12-,13+,14-,15-,17+;/m00./s1. The highest BCUT2D eigenvalue weighted by Crippen LogP contribution is 2.26. The summed E-state index contributed by atoms with van der Waals surface area (Å²) in [6.45, 7) is 0.545. The van der Waals surface area contributed by atoms with E-state index in [4.69, 9.17) is 82.3 Å². The summed E-state index contributed by atoms with van der Waals surface area (Å²) in [5.41, 5.74) is 45.4. The second-order valence-corrected chi connectivity index (χ2v) is 23.8. The molecule has 6 heterocycles. The molecule has 0 bridgehead atoms. The van der Waals surface area contributed by atoms with Crippen LogP contribution >= 0.6 is 0 Å². The maximum Gasteiger partial charge on any atom is 0.404 e. The van der Waals surface area contributed by atoms with Crippen molar-refractivity contribution in [3.05, 3.63) is 0 Å². The average Bonchev–Trinajstić information content (AvgIpc) is 1.79. The monoisotopic (exact) mass is 1360 g/mol. The first kappa shape index (κ1) is 79.1. The van der Waals surface area contributed by atoms with Crippen molar-refractivity contribution in [2.24, 2.45) is 55.9 Å². The van der Waals surface area contributed by atoms with E-state index in [0.29, 0.717) is 71.1 Å². The van der Waals surface area contributed by atoms with Gasteiger partial charge in [0.15, 0.2) is 48.7 Å². The van der Waals surface area contributed by atoms with E-state index >= 15 is 0 Å². The highest BCUT2D eigenvalue weighted by molar-refractivity contribution is 7.79. The zero-order valence-corrected chi connectivity index (χ0v) is 51.8. The van der Waals surface area contributed by atoms with E-state index in [1.807, 2.05) is 0 Å². The first-order valence-electron chi connectivity index (χ1n) is 30.2. The van der Waals surface area contributed by atoms with Crippen LogP contribution in [0.2, 0.25) is 0 Å². The highest BCUT2D eigenvalue weighted by Gasteiger charge is 2.52. The number of aliphatic hydroxyl groups is 7. The van der Waals surface area contributed by atoms with Crippen LogP contribution in [0, 0.1) is 0 Å². The minimum atomic E-state index is -4.67. The number of carbonyl (C=O) groups is 7. The molecule has 6 rings (SSSR count). The normalized spacial score (nSPS) is 30.4.